The molecule has 1 rings (SSSR count). The standard InChI is InChI=1S/C11H19F2NS2/c1-3-14(4-2)10(15)16-8-9-5-6-11(12,13)7-9/h9H,3-8H2,1-2H3. The molecule has 0 bridgehead atoms. The molecule has 0 heterocycles. The SMILES string of the molecule is CCN(CC)C(=S)SCC1CCC(F)(F)C1. The lowest BCUT2D eigenvalue weighted by atomic mass is 10.1. The molecule has 1 unspecified atom stereocenters. The van der Waals surface area contributed by atoms with Crippen LogP contribution in [-0.4, -0.2) is 34.0 Å². The van der Waals surface area contributed by atoms with Crippen LogP contribution in [0.25, 0.3) is 0 Å². The summed E-state index contributed by atoms with van der Waals surface area (Å²) in [4.78, 5) is 2.09. The third-order valence-electron chi connectivity index (χ3n) is 2.97. The Morgan fingerprint density at radius 2 is 2.06 bits per heavy atom. The molecule has 0 saturated heterocycles. The zero-order chi connectivity index (χ0) is 12.2. The van der Waals surface area contributed by atoms with Gasteiger partial charge in [0.1, 0.15) is 4.32 Å². The maximum absolute atomic E-state index is 13.0. The second-order valence-electron chi connectivity index (χ2n) is 4.21. The van der Waals surface area contributed by atoms with Gasteiger partial charge >= 0.3 is 0 Å². The van der Waals surface area contributed by atoms with E-state index >= 15 is 0 Å². The van der Waals surface area contributed by atoms with E-state index in [1.807, 2.05) is 0 Å². The van der Waals surface area contributed by atoms with Gasteiger partial charge in [0.25, 0.3) is 0 Å². The first-order valence-corrected chi connectivity index (χ1v) is 7.17. The van der Waals surface area contributed by atoms with Gasteiger partial charge in [-0.1, -0.05) is 24.0 Å². The number of halogens is 2. The fourth-order valence-electron chi connectivity index (χ4n) is 1.95. The Morgan fingerprint density at radius 3 is 2.50 bits per heavy atom. The van der Waals surface area contributed by atoms with E-state index in [0.717, 1.165) is 23.2 Å². The Morgan fingerprint density at radius 1 is 1.44 bits per heavy atom. The van der Waals surface area contributed by atoms with Gasteiger partial charge in [0, 0.05) is 31.7 Å². The molecule has 0 amide bonds. The summed E-state index contributed by atoms with van der Waals surface area (Å²) in [5, 5.41) is 0. The van der Waals surface area contributed by atoms with Crippen molar-refractivity contribution in [1.29, 1.82) is 0 Å². The fourth-order valence-corrected chi connectivity index (χ4v) is 3.51. The molecule has 0 spiro atoms. The number of thiocarbonyl (C=S) groups is 1. The minimum Gasteiger partial charge on any atom is -0.358 e. The molecule has 0 aliphatic heterocycles. The quantitative estimate of drug-likeness (QED) is 0.714. The molecule has 94 valence electrons. The topological polar surface area (TPSA) is 3.24 Å². The van der Waals surface area contributed by atoms with Crippen molar-refractivity contribution >= 4 is 28.3 Å². The van der Waals surface area contributed by atoms with Crippen LogP contribution in [0.1, 0.15) is 33.1 Å². The number of rotatable bonds is 4. The maximum Gasteiger partial charge on any atom is 0.248 e. The van der Waals surface area contributed by atoms with Crippen LogP contribution < -0.4 is 0 Å². The Bertz CT molecular complexity index is 242. The van der Waals surface area contributed by atoms with Crippen molar-refractivity contribution in [2.75, 3.05) is 18.8 Å². The predicted molar refractivity (Wildman–Crippen MR) is 70.3 cm³/mol. The van der Waals surface area contributed by atoms with Crippen LogP contribution in [0.5, 0.6) is 0 Å². The highest BCUT2D eigenvalue weighted by Crippen LogP contribution is 2.40. The second kappa shape index (κ2) is 6.15. The fraction of sp³-hybridized carbons (Fsp3) is 0.909. The van der Waals surface area contributed by atoms with Gasteiger partial charge < -0.3 is 4.90 Å². The maximum atomic E-state index is 13.0. The summed E-state index contributed by atoms with van der Waals surface area (Å²) < 4.78 is 26.8. The van der Waals surface area contributed by atoms with Crippen molar-refractivity contribution in [2.24, 2.45) is 5.92 Å². The summed E-state index contributed by atoms with van der Waals surface area (Å²) in [6.45, 7) is 5.90. The van der Waals surface area contributed by atoms with E-state index < -0.39 is 5.92 Å². The van der Waals surface area contributed by atoms with Crippen molar-refractivity contribution < 1.29 is 8.78 Å². The Kier molecular flexibility index (Phi) is 5.44. The van der Waals surface area contributed by atoms with E-state index in [0.29, 0.717) is 6.42 Å². The minimum atomic E-state index is -2.43. The average molecular weight is 267 g/mol. The van der Waals surface area contributed by atoms with Gasteiger partial charge in [-0.25, -0.2) is 8.78 Å². The molecular weight excluding hydrogens is 248 g/mol. The van der Waals surface area contributed by atoms with Crippen LogP contribution in [0.3, 0.4) is 0 Å². The second-order valence-corrected chi connectivity index (χ2v) is 5.87. The van der Waals surface area contributed by atoms with E-state index in [1.54, 1.807) is 11.8 Å². The summed E-state index contributed by atoms with van der Waals surface area (Å²) >= 11 is 6.82. The summed E-state index contributed by atoms with van der Waals surface area (Å²) in [6.07, 6.45) is 0.734. The normalized spacial score (nSPS) is 23.4. The first-order chi connectivity index (χ1) is 7.48. The Labute approximate surface area is 106 Å². The molecule has 1 aliphatic carbocycles. The molecule has 1 nitrogen and oxygen atoms in total. The van der Waals surface area contributed by atoms with Gasteiger partial charge in [0.2, 0.25) is 5.92 Å². The van der Waals surface area contributed by atoms with Crippen LogP contribution in [0.2, 0.25) is 0 Å². The van der Waals surface area contributed by atoms with Crippen LogP contribution in [0.4, 0.5) is 8.78 Å². The van der Waals surface area contributed by atoms with Gasteiger partial charge in [-0.05, 0) is 26.2 Å². The van der Waals surface area contributed by atoms with Crippen molar-refractivity contribution in [2.45, 2.75) is 39.0 Å². The summed E-state index contributed by atoms with van der Waals surface area (Å²) in [5.74, 6) is -1.55. The first-order valence-electron chi connectivity index (χ1n) is 5.78. The largest absolute Gasteiger partial charge is 0.358 e. The van der Waals surface area contributed by atoms with Crippen LogP contribution >= 0.6 is 24.0 Å². The highest BCUT2D eigenvalue weighted by molar-refractivity contribution is 8.22. The lowest BCUT2D eigenvalue weighted by molar-refractivity contribution is 0.00597. The summed E-state index contributed by atoms with van der Waals surface area (Å²) in [5.41, 5.74) is 0. The number of hydrogen-bond donors (Lipinski definition) is 0. The third-order valence-corrected chi connectivity index (χ3v) is 4.72. The molecular formula is C11H19F2NS2. The molecule has 1 atom stereocenters. The lowest BCUT2D eigenvalue weighted by Crippen LogP contribution is -2.27. The van der Waals surface area contributed by atoms with E-state index in [-0.39, 0.29) is 18.8 Å². The molecule has 1 fully saturated rings. The van der Waals surface area contributed by atoms with Gasteiger partial charge in [0.05, 0.1) is 0 Å². The number of nitrogens with zero attached hydrogens (tertiary/aromatic N) is 1. The van der Waals surface area contributed by atoms with E-state index in [1.165, 1.54) is 0 Å². The molecule has 5 heteroatoms. The summed E-state index contributed by atoms with van der Waals surface area (Å²) in [6, 6.07) is 0. The van der Waals surface area contributed by atoms with Gasteiger partial charge in [0.15, 0.2) is 0 Å². The van der Waals surface area contributed by atoms with Gasteiger partial charge in [-0.2, -0.15) is 0 Å². The molecule has 16 heavy (non-hydrogen) atoms. The first kappa shape index (κ1) is 14.2. The molecule has 1 saturated carbocycles. The summed E-state index contributed by atoms with van der Waals surface area (Å²) in [7, 11) is 0. The average Bonchev–Trinajstić information content (AvgIpc) is 2.57. The zero-order valence-electron chi connectivity index (χ0n) is 9.84. The van der Waals surface area contributed by atoms with Crippen LogP contribution in [0, 0.1) is 5.92 Å². The smallest absolute Gasteiger partial charge is 0.248 e. The lowest BCUT2D eigenvalue weighted by Gasteiger charge is -2.21. The zero-order valence-corrected chi connectivity index (χ0v) is 11.5. The Balaban J connectivity index is 2.27. The monoisotopic (exact) mass is 267 g/mol. The number of alkyl halides is 2. The van der Waals surface area contributed by atoms with Crippen LogP contribution in [-0.2, 0) is 0 Å². The third kappa shape index (κ3) is 4.17. The molecule has 0 aromatic rings. The van der Waals surface area contributed by atoms with Crippen molar-refractivity contribution in [1.82, 2.24) is 4.90 Å². The van der Waals surface area contributed by atoms with Gasteiger partial charge in [-0.15, -0.1) is 0 Å². The van der Waals surface area contributed by atoms with Crippen molar-refractivity contribution in [3.05, 3.63) is 0 Å². The molecule has 1 aliphatic rings. The van der Waals surface area contributed by atoms with E-state index in [9.17, 15) is 8.78 Å². The number of hydrogen-bond acceptors (Lipinski definition) is 2. The predicted octanol–water partition coefficient (Wildman–Crippen LogP) is 3.78. The highest BCUT2D eigenvalue weighted by Gasteiger charge is 2.39. The highest BCUT2D eigenvalue weighted by atomic mass is 32.2. The van der Waals surface area contributed by atoms with Crippen molar-refractivity contribution in [3.8, 4) is 0 Å². The van der Waals surface area contributed by atoms with Crippen molar-refractivity contribution in [3.63, 3.8) is 0 Å². The number of thioether (sulfide) groups is 1. The molecule has 0 N–H and O–H groups in total. The molecule has 0 aromatic carbocycles. The Hall–Kier alpha value is 0.1000. The minimum absolute atomic E-state index is 0.0425. The van der Waals surface area contributed by atoms with Crippen LogP contribution in [0.15, 0.2) is 0 Å². The van der Waals surface area contributed by atoms with Gasteiger partial charge in [-0.3, -0.25) is 0 Å². The molecule has 0 radical (unpaired) electrons. The van der Waals surface area contributed by atoms with E-state index in [2.05, 4.69) is 18.7 Å². The van der Waals surface area contributed by atoms with E-state index in [4.69, 9.17) is 12.2 Å². The molecule has 0 aromatic heterocycles.